The highest BCUT2D eigenvalue weighted by atomic mass is 32.2. The van der Waals surface area contributed by atoms with Gasteiger partial charge in [-0.1, -0.05) is 20.3 Å². The summed E-state index contributed by atoms with van der Waals surface area (Å²) < 4.78 is 12.6. The van der Waals surface area contributed by atoms with E-state index in [4.69, 9.17) is 9.47 Å². The van der Waals surface area contributed by atoms with Gasteiger partial charge in [-0.3, -0.25) is 4.79 Å². The molecule has 0 N–H and O–H groups in total. The maximum absolute atomic E-state index is 12.7. The lowest BCUT2D eigenvalue weighted by Gasteiger charge is -2.37. The summed E-state index contributed by atoms with van der Waals surface area (Å²) in [5.41, 5.74) is 0. The topological polar surface area (TPSA) is 52.6 Å². The van der Waals surface area contributed by atoms with Crippen LogP contribution >= 0.6 is 22.7 Å². The first kappa shape index (κ1) is 22.8. The fraction of sp³-hybridized carbons (Fsp3) is 0.680. The Labute approximate surface area is 193 Å². The van der Waals surface area contributed by atoms with Gasteiger partial charge in [-0.05, 0) is 81.8 Å². The molecule has 0 bridgehead atoms. The number of esters is 2. The average molecular weight is 463 g/mol. The summed E-state index contributed by atoms with van der Waals surface area (Å²) in [4.78, 5) is 26.3. The number of fused-ring (bicyclic) bond motifs is 1. The molecule has 0 atom stereocenters. The van der Waals surface area contributed by atoms with Crippen LogP contribution in [0, 0.1) is 11.8 Å². The lowest BCUT2D eigenvalue weighted by Crippen LogP contribution is -2.31. The van der Waals surface area contributed by atoms with Crippen LogP contribution in [-0.2, 0) is 20.7 Å². The quantitative estimate of drug-likeness (QED) is 0.410. The molecular weight excluding hydrogens is 428 g/mol. The molecule has 2 aromatic heterocycles. The zero-order valence-electron chi connectivity index (χ0n) is 18.7. The zero-order chi connectivity index (χ0) is 21.8. The molecule has 170 valence electrons. The maximum atomic E-state index is 12.7. The Kier molecular flexibility index (Phi) is 7.70. The van der Waals surface area contributed by atoms with Crippen LogP contribution in [0.15, 0.2) is 12.1 Å². The van der Waals surface area contributed by atoms with Crippen molar-refractivity contribution in [3.8, 4) is 0 Å². The molecule has 0 unspecified atom stereocenters. The third-order valence-electron chi connectivity index (χ3n) is 6.93. The molecule has 2 fully saturated rings. The second-order valence-electron chi connectivity index (χ2n) is 9.14. The molecular formula is C25H34O4S2. The first-order chi connectivity index (χ1) is 15.1. The first-order valence-corrected chi connectivity index (χ1v) is 13.6. The van der Waals surface area contributed by atoms with E-state index in [1.165, 1.54) is 14.3 Å². The molecule has 4 nitrogen and oxygen atoms in total. The SMILES string of the molecule is CCCc1cc2cc(C(=O)OC3CCC(C4CCC(OC(=O)CC)CC4)CC3)sc2s1. The Balaban J connectivity index is 1.22. The summed E-state index contributed by atoms with van der Waals surface area (Å²) in [5.74, 6) is 1.24. The zero-order valence-corrected chi connectivity index (χ0v) is 20.3. The summed E-state index contributed by atoms with van der Waals surface area (Å²) in [5, 5.41) is 1.19. The molecule has 2 saturated carbocycles. The van der Waals surface area contributed by atoms with Gasteiger partial charge in [0.2, 0.25) is 0 Å². The number of aryl methyl sites for hydroxylation is 1. The molecule has 2 aliphatic rings. The van der Waals surface area contributed by atoms with E-state index in [0.717, 1.165) is 80.9 Å². The lowest BCUT2D eigenvalue weighted by atomic mass is 9.72. The summed E-state index contributed by atoms with van der Waals surface area (Å²) in [6, 6.07) is 4.23. The molecule has 6 heteroatoms. The Hall–Kier alpha value is -1.40. The minimum absolute atomic E-state index is 0.0568. The monoisotopic (exact) mass is 462 g/mol. The van der Waals surface area contributed by atoms with Gasteiger partial charge in [-0.15, -0.1) is 22.7 Å². The van der Waals surface area contributed by atoms with Crippen LogP contribution in [0.4, 0.5) is 0 Å². The van der Waals surface area contributed by atoms with Crippen molar-refractivity contribution in [1.82, 2.24) is 0 Å². The minimum atomic E-state index is -0.146. The number of carbonyl (C=O) groups is 2. The molecule has 0 spiro atoms. The number of carbonyl (C=O) groups excluding carboxylic acids is 2. The largest absolute Gasteiger partial charge is 0.462 e. The summed E-state index contributed by atoms with van der Waals surface area (Å²) in [7, 11) is 0. The van der Waals surface area contributed by atoms with Crippen molar-refractivity contribution in [1.29, 1.82) is 0 Å². The van der Waals surface area contributed by atoms with E-state index in [2.05, 4.69) is 13.0 Å². The van der Waals surface area contributed by atoms with Crippen LogP contribution in [0.1, 0.15) is 92.6 Å². The van der Waals surface area contributed by atoms with Crippen LogP contribution in [0.2, 0.25) is 0 Å². The minimum Gasteiger partial charge on any atom is -0.462 e. The smallest absolute Gasteiger partial charge is 0.348 e. The van der Waals surface area contributed by atoms with E-state index in [9.17, 15) is 9.59 Å². The highest BCUT2D eigenvalue weighted by Gasteiger charge is 2.33. The van der Waals surface area contributed by atoms with Crippen LogP contribution in [0.3, 0.4) is 0 Å². The van der Waals surface area contributed by atoms with Crippen LogP contribution < -0.4 is 0 Å². The molecule has 0 radical (unpaired) electrons. The van der Waals surface area contributed by atoms with E-state index < -0.39 is 0 Å². The second kappa shape index (κ2) is 10.5. The molecule has 2 aliphatic carbocycles. The van der Waals surface area contributed by atoms with Crippen molar-refractivity contribution in [3.05, 3.63) is 21.9 Å². The predicted octanol–water partition coefficient (Wildman–Crippen LogP) is 7.14. The fourth-order valence-corrected chi connectivity index (χ4v) is 7.67. The third kappa shape index (κ3) is 5.70. The molecule has 0 amide bonds. The third-order valence-corrected chi connectivity index (χ3v) is 9.36. The van der Waals surface area contributed by atoms with Crippen molar-refractivity contribution >= 4 is 44.0 Å². The highest BCUT2D eigenvalue weighted by molar-refractivity contribution is 7.39. The standard InChI is InChI=1S/C25H34O4S2/c1-3-5-21-14-18-15-22(31-25(18)30-21)24(27)29-20-12-8-17(9-13-20)16-6-10-19(11-7-16)28-23(26)4-2/h14-17,19-20H,3-13H2,1-2H3. The number of hydrogen-bond acceptors (Lipinski definition) is 6. The Morgan fingerprint density at radius 1 is 0.871 bits per heavy atom. The Morgan fingerprint density at radius 2 is 1.48 bits per heavy atom. The molecule has 4 rings (SSSR count). The van der Waals surface area contributed by atoms with E-state index >= 15 is 0 Å². The number of hydrogen-bond donors (Lipinski definition) is 0. The average Bonchev–Trinajstić information content (AvgIpc) is 3.34. The number of rotatable bonds is 7. The lowest BCUT2D eigenvalue weighted by molar-refractivity contribution is -0.150. The first-order valence-electron chi connectivity index (χ1n) is 12.0. The van der Waals surface area contributed by atoms with E-state index in [1.807, 2.05) is 24.3 Å². The predicted molar refractivity (Wildman–Crippen MR) is 127 cm³/mol. The molecule has 0 aliphatic heterocycles. The molecule has 0 aromatic carbocycles. The van der Waals surface area contributed by atoms with Gasteiger partial charge in [0, 0.05) is 16.7 Å². The van der Waals surface area contributed by atoms with Gasteiger partial charge in [0.25, 0.3) is 0 Å². The van der Waals surface area contributed by atoms with Crippen molar-refractivity contribution in [2.45, 2.75) is 96.7 Å². The van der Waals surface area contributed by atoms with Crippen LogP contribution in [0.5, 0.6) is 0 Å². The van der Waals surface area contributed by atoms with Crippen molar-refractivity contribution in [2.24, 2.45) is 11.8 Å². The van der Waals surface area contributed by atoms with Gasteiger partial charge >= 0.3 is 11.9 Å². The Morgan fingerprint density at radius 3 is 2.03 bits per heavy atom. The maximum Gasteiger partial charge on any atom is 0.348 e. The van der Waals surface area contributed by atoms with E-state index in [0.29, 0.717) is 6.42 Å². The molecule has 31 heavy (non-hydrogen) atoms. The summed E-state index contributed by atoms with van der Waals surface area (Å²) in [6.07, 6.45) is 11.5. The van der Waals surface area contributed by atoms with E-state index in [1.54, 1.807) is 11.3 Å². The van der Waals surface area contributed by atoms with Gasteiger partial charge in [-0.2, -0.15) is 0 Å². The van der Waals surface area contributed by atoms with Gasteiger partial charge in [0.1, 0.15) is 17.1 Å². The summed E-state index contributed by atoms with van der Waals surface area (Å²) in [6.45, 7) is 4.05. The highest BCUT2D eigenvalue weighted by Crippen LogP contribution is 2.40. The molecule has 2 heterocycles. The molecule has 2 aromatic rings. The van der Waals surface area contributed by atoms with Gasteiger partial charge < -0.3 is 9.47 Å². The van der Waals surface area contributed by atoms with Gasteiger partial charge in [0.05, 0.1) is 4.01 Å². The van der Waals surface area contributed by atoms with Crippen LogP contribution in [-0.4, -0.2) is 24.1 Å². The van der Waals surface area contributed by atoms with Crippen molar-refractivity contribution in [3.63, 3.8) is 0 Å². The van der Waals surface area contributed by atoms with Gasteiger partial charge in [-0.25, -0.2) is 4.79 Å². The summed E-state index contributed by atoms with van der Waals surface area (Å²) >= 11 is 3.39. The van der Waals surface area contributed by atoms with Crippen molar-refractivity contribution < 1.29 is 19.1 Å². The Bertz CT molecular complexity index is 851. The van der Waals surface area contributed by atoms with Gasteiger partial charge in [0.15, 0.2) is 0 Å². The van der Waals surface area contributed by atoms with Crippen molar-refractivity contribution in [2.75, 3.05) is 0 Å². The van der Waals surface area contributed by atoms with E-state index in [-0.39, 0.29) is 24.1 Å². The normalized spacial score (nSPS) is 26.6. The van der Waals surface area contributed by atoms with Crippen LogP contribution in [0.25, 0.3) is 9.40 Å². The number of ether oxygens (including phenoxy) is 2. The fourth-order valence-electron chi connectivity index (χ4n) is 5.20. The molecule has 0 saturated heterocycles. The number of thiophene rings is 2. The second-order valence-corrected chi connectivity index (χ2v) is 11.6.